The first-order chi connectivity index (χ1) is 6.22. The molecule has 13 heavy (non-hydrogen) atoms. The Balaban J connectivity index is 3.20. The third-order valence-corrected chi connectivity index (χ3v) is 3.32. The van der Waals surface area contributed by atoms with Crippen molar-refractivity contribution in [3.8, 4) is 0 Å². The van der Waals surface area contributed by atoms with Crippen LogP contribution in [0.1, 0.15) is 37.5 Å². The van der Waals surface area contributed by atoms with E-state index in [1.54, 1.807) is 0 Å². The minimum Gasteiger partial charge on any atom is -0.105 e. The van der Waals surface area contributed by atoms with Crippen molar-refractivity contribution in [2.75, 3.05) is 0 Å². The minimum absolute atomic E-state index is 1.14. The number of hydrogen-bond acceptors (Lipinski definition) is 0. The second-order valence-electron chi connectivity index (χ2n) is 3.39. The molecule has 1 unspecified atom stereocenters. The summed E-state index contributed by atoms with van der Waals surface area (Å²) in [6, 6.07) is 4.67. The van der Waals surface area contributed by atoms with Crippen LogP contribution >= 0.6 is 9.24 Å². The average molecular weight is 194 g/mol. The first kappa shape index (κ1) is 10.7. The molecule has 1 atom stereocenters. The smallest absolute Gasteiger partial charge is 0.0239 e. The Morgan fingerprint density at radius 3 is 1.69 bits per heavy atom. The highest BCUT2D eigenvalue weighted by molar-refractivity contribution is 7.27. The molecule has 0 aliphatic carbocycles. The summed E-state index contributed by atoms with van der Waals surface area (Å²) in [6.07, 6.45) is 3.42. The van der Waals surface area contributed by atoms with E-state index in [1.165, 1.54) is 22.0 Å². The lowest BCUT2D eigenvalue weighted by Gasteiger charge is -2.11. The van der Waals surface area contributed by atoms with Gasteiger partial charge >= 0.3 is 0 Å². The molecule has 0 radical (unpaired) electrons. The number of aryl methyl sites for hydroxylation is 3. The van der Waals surface area contributed by atoms with Crippen LogP contribution in [0.2, 0.25) is 0 Å². The highest BCUT2D eigenvalue weighted by atomic mass is 31.0. The maximum atomic E-state index is 2.88. The Bertz CT molecular complexity index is 264. The number of hydrogen-bond donors (Lipinski definition) is 0. The molecule has 0 aliphatic rings. The van der Waals surface area contributed by atoms with Gasteiger partial charge in [0.25, 0.3) is 0 Å². The van der Waals surface area contributed by atoms with Crippen molar-refractivity contribution < 1.29 is 0 Å². The fourth-order valence-electron chi connectivity index (χ4n) is 1.64. The second-order valence-corrected chi connectivity index (χ2v) is 3.97. The van der Waals surface area contributed by atoms with Gasteiger partial charge in [0.1, 0.15) is 0 Å². The molecule has 0 saturated heterocycles. The normalized spacial score (nSPS) is 10.5. The molecule has 0 nitrogen and oxygen atoms in total. The van der Waals surface area contributed by atoms with Gasteiger partial charge in [-0.3, -0.25) is 0 Å². The van der Waals surface area contributed by atoms with Gasteiger partial charge in [-0.1, -0.05) is 32.9 Å². The van der Waals surface area contributed by atoms with Crippen LogP contribution < -0.4 is 5.30 Å². The van der Waals surface area contributed by atoms with Gasteiger partial charge in [0.2, 0.25) is 0 Å². The maximum absolute atomic E-state index is 2.88. The van der Waals surface area contributed by atoms with E-state index >= 15 is 0 Å². The molecule has 1 aromatic carbocycles. The van der Waals surface area contributed by atoms with Crippen LogP contribution in [0, 0.1) is 0 Å². The molecule has 1 rings (SSSR count). The topological polar surface area (TPSA) is 0 Å². The zero-order chi connectivity index (χ0) is 9.84. The van der Waals surface area contributed by atoms with Crippen LogP contribution in [-0.4, -0.2) is 0 Å². The summed E-state index contributed by atoms with van der Waals surface area (Å²) < 4.78 is 0. The fraction of sp³-hybridized carbons (Fsp3) is 0.500. The quantitative estimate of drug-likeness (QED) is 0.649. The summed E-state index contributed by atoms with van der Waals surface area (Å²) in [5.74, 6) is 0. The van der Waals surface area contributed by atoms with Crippen LogP contribution in [0.4, 0.5) is 0 Å². The molecule has 1 heteroatoms. The molecule has 0 heterocycles. The highest BCUT2D eigenvalue weighted by Gasteiger charge is 2.03. The highest BCUT2D eigenvalue weighted by Crippen LogP contribution is 2.13. The zero-order valence-electron chi connectivity index (χ0n) is 8.85. The van der Waals surface area contributed by atoms with Crippen LogP contribution in [0.25, 0.3) is 0 Å². The third kappa shape index (κ3) is 2.31. The largest absolute Gasteiger partial charge is 0.105 e. The molecular weight excluding hydrogens is 175 g/mol. The number of benzene rings is 1. The van der Waals surface area contributed by atoms with E-state index in [4.69, 9.17) is 0 Å². The van der Waals surface area contributed by atoms with Crippen LogP contribution in [0.3, 0.4) is 0 Å². The molecule has 0 aromatic heterocycles. The molecule has 0 aliphatic heterocycles. The van der Waals surface area contributed by atoms with E-state index in [-0.39, 0.29) is 0 Å². The molecule has 0 amide bonds. The Morgan fingerprint density at radius 2 is 1.38 bits per heavy atom. The Hall–Kier alpha value is -0.350. The van der Waals surface area contributed by atoms with E-state index in [0.717, 1.165) is 19.3 Å². The molecule has 72 valence electrons. The van der Waals surface area contributed by atoms with Crippen LogP contribution in [-0.2, 0) is 19.3 Å². The molecule has 1 aromatic rings. The van der Waals surface area contributed by atoms with E-state index in [0.29, 0.717) is 0 Å². The maximum Gasteiger partial charge on any atom is -0.0239 e. The molecule has 0 bridgehead atoms. The van der Waals surface area contributed by atoms with Crippen molar-refractivity contribution in [1.82, 2.24) is 0 Å². The van der Waals surface area contributed by atoms with E-state index in [1.807, 2.05) is 0 Å². The molecule has 0 N–H and O–H groups in total. The van der Waals surface area contributed by atoms with Crippen molar-refractivity contribution in [2.45, 2.75) is 40.0 Å². The average Bonchev–Trinajstić information content (AvgIpc) is 2.18. The van der Waals surface area contributed by atoms with E-state index in [9.17, 15) is 0 Å². The monoisotopic (exact) mass is 194 g/mol. The Morgan fingerprint density at radius 1 is 0.923 bits per heavy atom. The first-order valence-corrected chi connectivity index (χ1v) is 5.70. The second kappa shape index (κ2) is 4.77. The standard InChI is InChI=1S/C12H19P/c1-4-9-7-10(5-2)12(13)11(6-3)8-9/h7-8H,4-6,13H2,1-3H3. The van der Waals surface area contributed by atoms with Gasteiger partial charge in [0.05, 0.1) is 0 Å². The van der Waals surface area contributed by atoms with Gasteiger partial charge < -0.3 is 0 Å². The van der Waals surface area contributed by atoms with Gasteiger partial charge in [-0.2, -0.15) is 0 Å². The molecule has 0 fully saturated rings. The van der Waals surface area contributed by atoms with Crippen molar-refractivity contribution in [3.05, 3.63) is 28.8 Å². The lowest BCUT2D eigenvalue weighted by molar-refractivity contribution is 1.06. The van der Waals surface area contributed by atoms with Crippen molar-refractivity contribution in [2.24, 2.45) is 0 Å². The van der Waals surface area contributed by atoms with E-state index < -0.39 is 0 Å². The predicted molar refractivity (Wildman–Crippen MR) is 63.9 cm³/mol. The number of rotatable bonds is 3. The summed E-state index contributed by atoms with van der Waals surface area (Å²) in [5.41, 5.74) is 4.45. The van der Waals surface area contributed by atoms with Crippen molar-refractivity contribution in [3.63, 3.8) is 0 Å². The van der Waals surface area contributed by atoms with Gasteiger partial charge in [-0.25, -0.2) is 0 Å². The lowest BCUT2D eigenvalue weighted by atomic mass is 10.0. The zero-order valence-corrected chi connectivity index (χ0v) is 10.0. The summed E-state index contributed by atoms with van der Waals surface area (Å²) >= 11 is 0. The van der Waals surface area contributed by atoms with Gasteiger partial charge in [-0.15, -0.1) is 9.24 Å². The Kier molecular flexibility index (Phi) is 3.93. The lowest BCUT2D eigenvalue weighted by Crippen LogP contribution is -2.08. The van der Waals surface area contributed by atoms with Crippen molar-refractivity contribution >= 4 is 14.5 Å². The SMILES string of the molecule is CCc1cc(CC)c(P)c(CC)c1. The van der Waals surface area contributed by atoms with Crippen LogP contribution in [0.15, 0.2) is 12.1 Å². The molecule has 0 saturated carbocycles. The minimum atomic E-state index is 1.14. The third-order valence-electron chi connectivity index (χ3n) is 2.58. The summed E-state index contributed by atoms with van der Waals surface area (Å²) in [6.45, 7) is 6.67. The van der Waals surface area contributed by atoms with E-state index in [2.05, 4.69) is 42.1 Å². The van der Waals surface area contributed by atoms with Crippen LogP contribution in [0.5, 0.6) is 0 Å². The molecule has 0 spiro atoms. The summed E-state index contributed by atoms with van der Waals surface area (Å²) in [7, 11) is 2.88. The fourth-order valence-corrected chi connectivity index (χ4v) is 2.22. The summed E-state index contributed by atoms with van der Waals surface area (Å²) in [4.78, 5) is 0. The van der Waals surface area contributed by atoms with Gasteiger partial charge in [0.15, 0.2) is 0 Å². The van der Waals surface area contributed by atoms with Gasteiger partial charge in [-0.05, 0) is 41.3 Å². The van der Waals surface area contributed by atoms with Gasteiger partial charge in [0, 0.05) is 0 Å². The predicted octanol–water partition coefficient (Wildman–Crippen LogP) is 2.87. The molecular formula is C12H19P. The Labute approximate surface area is 84.0 Å². The summed E-state index contributed by atoms with van der Waals surface area (Å²) in [5, 5.41) is 1.42. The van der Waals surface area contributed by atoms with Crippen molar-refractivity contribution in [1.29, 1.82) is 0 Å². The first-order valence-electron chi connectivity index (χ1n) is 5.13.